The predicted octanol–water partition coefficient (Wildman–Crippen LogP) is 0.267. The van der Waals surface area contributed by atoms with Gasteiger partial charge in [0.1, 0.15) is 0 Å². The molecule has 0 unspecified atom stereocenters. The number of nitrogens with zero attached hydrogens (tertiary/aromatic N) is 1. The van der Waals surface area contributed by atoms with E-state index in [1.165, 1.54) is 0 Å². The monoisotopic (exact) mass is 153 g/mol. The first kappa shape index (κ1) is 8.27. The normalized spacial score (nSPS) is 32.4. The van der Waals surface area contributed by atoms with Gasteiger partial charge >= 0.3 is 0 Å². The number of rotatable bonds is 2. The minimum absolute atomic E-state index is 0.375. The van der Waals surface area contributed by atoms with Crippen molar-refractivity contribution in [3.8, 4) is 0 Å². The molecule has 0 spiro atoms. The summed E-state index contributed by atoms with van der Waals surface area (Å²) in [6, 6.07) is 0.375. The fourth-order valence-corrected chi connectivity index (χ4v) is 1.37. The van der Waals surface area contributed by atoms with Gasteiger partial charge in [0.05, 0.1) is 0 Å². The molecule has 1 saturated carbocycles. The summed E-state index contributed by atoms with van der Waals surface area (Å²) < 4.78 is 0. The molecule has 1 aliphatic carbocycles. The zero-order valence-electron chi connectivity index (χ0n) is 6.83. The zero-order valence-corrected chi connectivity index (χ0v) is 6.83. The smallest absolute Gasteiger partial charge is 0.0277 e. The number of nitrogens with two attached hydrogens (primary N) is 2. The molecule has 0 aromatic carbocycles. The summed E-state index contributed by atoms with van der Waals surface area (Å²) >= 11 is 0. The molecule has 0 aliphatic heterocycles. The minimum Gasteiger partial charge on any atom is -0.404 e. The highest BCUT2D eigenvalue weighted by molar-refractivity contribution is 5.79. The van der Waals surface area contributed by atoms with E-state index in [0.717, 1.165) is 18.4 Å². The largest absolute Gasteiger partial charge is 0.404 e. The van der Waals surface area contributed by atoms with Crippen molar-refractivity contribution in [1.82, 2.24) is 0 Å². The van der Waals surface area contributed by atoms with Crippen molar-refractivity contribution in [1.29, 1.82) is 0 Å². The van der Waals surface area contributed by atoms with Crippen molar-refractivity contribution in [2.75, 3.05) is 7.05 Å². The average molecular weight is 153 g/mol. The van der Waals surface area contributed by atoms with E-state index in [1.807, 2.05) is 6.21 Å². The molecule has 0 aromatic heterocycles. The predicted molar refractivity (Wildman–Crippen MR) is 47.4 cm³/mol. The topological polar surface area (TPSA) is 64.4 Å². The quantitative estimate of drug-likeness (QED) is 0.559. The summed E-state index contributed by atoms with van der Waals surface area (Å²) in [5.74, 6) is 0.554. The summed E-state index contributed by atoms with van der Waals surface area (Å²) in [4.78, 5) is 3.92. The van der Waals surface area contributed by atoms with E-state index in [-0.39, 0.29) is 0 Å². The zero-order chi connectivity index (χ0) is 8.27. The standard InChI is InChI=1S/C8H15N3/c1-11-5-7(4-9)6-2-8(10)3-6/h4-6,8H,2-3,9-10H2,1H3/b7-4+,11-5?. The Morgan fingerprint density at radius 3 is 2.55 bits per heavy atom. The van der Waals surface area contributed by atoms with E-state index in [9.17, 15) is 0 Å². The molecule has 0 heterocycles. The van der Waals surface area contributed by atoms with Crippen LogP contribution in [0.5, 0.6) is 0 Å². The Hall–Kier alpha value is -0.830. The number of hydrogen-bond acceptors (Lipinski definition) is 3. The van der Waals surface area contributed by atoms with Gasteiger partial charge in [-0.05, 0) is 30.5 Å². The van der Waals surface area contributed by atoms with Gasteiger partial charge in [0.25, 0.3) is 0 Å². The fourth-order valence-electron chi connectivity index (χ4n) is 1.37. The SMILES string of the molecule is CN=C/C(=C\N)C1CC(N)C1. The molecule has 4 N–H and O–H groups in total. The van der Waals surface area contributed by atoms with E-state index in [2.05, 4.69) is 4.99 Å². The number of hydrogen-bond donors (Lipinski definition) is 2. The van der Waals surface area contributed by atoms with Gasteiger partial charge in [-0.15, -0.1) is 0 Å². The lowest BCUT2D eigenvalue weighted by Gasteiger charge is -2.32. The lowest BCUT2D eigenvalue weighted by Crippen LogP contribution is -2.37. The summed E-state index contributed by atoms with van der Waals surface area (Å²) in [5.41, 5.74) is 12.2. The Kier molecular flexibility index (Phi) is 2.65. The number of aliphatic imine (C=N–C) groups is 1. The van der Waals surface area contributed by atoms with E-state index in [1.54, 1.807) is 13.2 Å². The molecule has 0 radical (unpaired) electrons. The van der Waals surface area contributed by atoms with Gasteiger partial charge in [-0.25, -0.2) is 0 Å². The van der Waals surface area contributed by atoms with Crippen LogP contribution in [-0.4, -0.2) is 19.3 Å². The summed E-state index contributed by atoms with van der Waals surface area (Å²) in [6.07, 6.45) is 5.55. The van der Waals surface area contributed by atoms with Crippen LogP contribution in [0.25, 0.3) is 0 Å². The van der Waals surface area contributed by atoms with E-state index < -0.39 is 0 Å². The van der Waals surface area contributed by atoms with Crippen molar-refractivity contribution >= 4 is 6.21 Å². The molecule has 3 heteroatoms. The summed E-state index contributed by atoms with van der Waals surface area (Å²) in [6.45, 7) is 0. The molecule has 0 bridgehead atoms. The van der Waals surface area contributed by atoms with Crippen LogP contribution in [0, 0.1) is 5.92 Å². The van der Waals surface area contributed by atoms with E-state index in [0.29, 0.717) is 12.0 Å². The second-order valence-electron chi connectivity index (χ2n) is 2.98. The van der Waals surface area contributed by atoms with Gasteiger partial charge in [0, 0.05) is 19.3 Å². The first-order valence-electron chi connectivity index (χ1n) is 3.87. The van der Waals surface area contributed by atoms with Crippen LogP contribution in [0.3, 0.4) is 0 Å². The van der Waals surface area contributed by atoms with Crippen molar-refractivity contribution in [2.45, 2.75) is 18.9 Å². The Bertz CT molecular complexity index is 178. The third kappa shape index (κ3) is 1.80. The van der Waals surface area contributed by atoms with Gasteiger partial charge in [-0.2, -0.15) is 0 Å². The molecule has 3 nitrogen and oxygen atoms in total. The summed E-state index contributed by atoms with van der Waals surface area (Å²) in [7, 11) is 1.75. The first-order chi connectivity index (χ1) is 5.27. The average Bonchev–Trinajstić information content (AvgIpc) is 1.95. The molecular weight excluding hydrogens is 138 g/mol. The van der Waals surface area contributed by atoms with Crippen molar-refractivity contribution in [3.05, 3.63) is 11.8 Å². The van der Waals surface area contributed by atoms with Gasteiger partial charge in [-0.1, -0.05) is 0 Å². The maximum Gasteiger partial charge on any atom is 0.0277 e. The Morgan fingerprint density at radius 1 is 1.55 bits per heavy atom. The van der Waals surface area contributed by atoms with Crippen LogP contribution in [-0.2, 0) is 0 Å². The van der Waals surface area contributed by atoms with Crippen LogP contribution in [0.15, 0.2) is 16.8 Å². The van der Waals surface area contributed by atoms with Crippen LogP contribution in [0.1, 0.15) is 12.8 Å². The lowest BCUT2D eigenvalue weighted by atomic mass is 9.76. The molecule has 0 saturated heterocycles. The van der Waals surface area contributed by atoms with Gasteiger partial charge in [-0.3, -0.25) is 4.99 Å². The second-order valence-corrected chi connectivity index (χ2v) is 2.98. The molecular formula is C8H15N3. The molecule has 1 fully saturated rings. The Balaban J connectivity index is 2.45. The maximum atomic E-state index is 5.64. The Labute approximate surface area is 67.2 Å². The van der Waals surface area contributed by atoms with E-state index in [4.69, 9.17) is 11.5 Å². The first-order valence-corrected chi connectivity index (χ1v) is 3.87. The molecule has 62 valence electrons. The van der Waals surface area contributed by atoms with Gasteiger partial charge < -0.3 is 11.5 Å². The molecule has 11 heavy (non-hydrogen) atoms. The lowest BCUT2D eigenvalue weighted by molar-refractivity contribution is 0.316. The Morgan fingerprint density at radius 2 is 2.18 bits per heavy atom. The molecule has 1 aliphatic rings. The highest BCUT2D eigenvalue weighted by Crippen LogP contribution is 2.30. The third-order valence-electron chi connectivity index (χ3n) is 2.12. The molecule has 0 atom stereocenters. The van der Waals surface area contributed by atoms with Crippen LogP contribution < -0.4 is 11.5 Å². The summed E-state index contributed by atoms with van der Waals surface area (Å²) in [5, 5.41) is 0. The van der Waals surface area contributed by atoms with Crippen LogP contribution in [0.4, 0.5) is 0 Å². The van der Waals surface area contributed by atoms with Crippen molar-refractivity contribution < 1.29 is 0 Å². The second kappa shape index (κ2) is 3.53. The van der Waals surface area contributed by atoms with Crippen molar-refractivity contribution in [2.24, 2.45) is 22.4 Å². The molecule has 0 amide bonds. The minimum atomic E-state index is 0.375. The third-order valence-corrected chi connectivity index (χ3v) is 2.12. The molecule has 0 aromatic rings. The highest BCUT2D eigenvalue weighted by atomic mass is 14.7. The maximum absolute atomic E-state index is 5.64. The van der Waals surface area contributed by atoms with Crippen molar-refractivity contribution in [3.63, 3.8) is 0 Å². The van der Waals surface area contributed by atoms with Gasteiger partial charge in [0.2, 0.25) is 0 Å². The van der Waals surface area contributed by atoms with Gasteiger partial charge in [0.15, 0.2) is 0 Å². The highest BCUT2D eigenvalue weighted by Gasteiger charge is 2.27. The number of allylic oxidation sites excluding steroid dienone is 1. The van der Waals surface area contributed by atoms with Crippen LogP contribution in [0.2, 0.25) is 0 Å². The van der Waals surface area contributed by atoms with E-state index >= 15 is 0 Å². The van der Waals surface area contributed by atoms with Crippen LogP contribution >= 0.6 is 0 Å². The fraction of sp³-hybridized carbons (Fsp3) is 0.625. The molecule has 1 rings (SSSR count).